The number of fused-ring (bicyclic) bond motifs is 1. The highest BCUT2D eigenvalue weighted by molar-refractivity contribution is 7.54. The highest BCUT2D eigenvalue weighted by atomic mass is 35.5. The quantitative estimate of drug-likeness (QED) is 0.269. The highest BCUT2D eigenvalue weighted by Crippen LogP contribution is 2.52. The number of ketones is 1. The standard InChI is InChI=1S/C21H24ClFN5O7P/c1-11(12(2)29)9-36(32,35-13-6-4-3-5-7-13)33-8-14-16(30)21(22,23)19(34-14)28-10-25-15-17(28)26-20(24)27-18(15)31/h3-7,10-11,14,16,19,30H,8-9H2,1-2H3,(H3,24,26,27,31)/t11-,14-,16?,19-,21-,36?/m1/s1. The molecule has 12 nitrogen and oxygen atoms in total. The molecule has 36 heavy (non-hydrogen) atoms. The number of Topliss-reactive ketones (excluding diaryl/α,β-unsaturated/α-hetero) is 1. The maximum atomic E-state index is 15.5. The first-order valence-electron chi connectivity index (χ1n) is 10.8. The van der Waals surface area contributed by atoms with Gasteiger partial charge >= 0.3 is 7.60 Å². The van der Waals surface area contributed by atoms with E-state index in [9.17, 15) is 19.3 Å². The molecule has 4 rings (SSSR count). The number of nitrogen functional groups attached to an aromatic ring is 1. The number of hydrogen-bond acceptors (Lipinski definition) is 10. The number of imidazole rings is 1. The third kappa shape index (κ3) is 5.16. The van der Waals surface area contributed by atoms with Gasteiger partial charge in [-0.1, -0.05) is 36.7 Å². The summed E-state index contributed by atoms with van der Waals surface area (Å²) >= 11 is 6.02. The molecule has 0 aliphatic carbocycles. The lowest BCUT2D eigenvalue weighted by Crippen LogP contribution is -2.38. The monoisotopic (exact) mass is 543 g/mol. The summed E-state index contributed by atoms with van der Waals surface area (Å²) < 4.78 is 46.8. The van der Waals surface area contributed by atoms with Gasteiger partial charge in [0.05, 0.1) is 19.1 Å². The van der Waals surface area contributed by atoms with Crippen LogP contribution in [0.15, 0.2) is 41.5 Å². The highest BCUT2D eigenvalue weighted by Gasteiger charge is 2.58. The molecule has 4 N–H and O–H groups in total. The Morgan fingerprint density at radius 3 is 2.81 bits per heavy atom. The molecule has 0 saturated carbocycles. The summed E-state index contributed by atoms with van der Waals surface area (Å²) in [5.74, 6) is -0.907. The number of alkyl halides is 2. The van der Waals surface area contributed by atoms with Gasteiger partial charge < -0.3 is 20.1 Å². The van der Waals surface area contributed by atoms with Gasteiger partial charge in [-0.3, -0.25) is 23.7 Å². The summed E-state index contributed by atoms with van der Waals surface area (Å²) in [5.41, 5.74) is 4.66. The fourth-order valence-electron chi connectivity index (χ4n) is 3.63. The van der Waals surface area contributed by atoms with Gasteiger partial charge in [0, 0.05) is 5.92 Å². The van der Waals surface area contributed by atoms with Crippen LogP contribution in [0.25, 0.3) is 11.2 Å². The third-order valence-electron chi connectivity index (χ3n) is 5.70. The number of nitrogens with two attached hydrogens (primary N) is 1. The maximum Gasteiger partial charge on any atom is 0.379 e. The van der Waals surface area contributed by atoms with Crippen LogP contribution >= 0.6 is 19.2 Å². The number of benzene rings is 1. The molecule has 3 aromatic rings. The van der Waals surface area contributed by atoms with E-state index >= 15 is 4.39 Å². The van der Waals surface area contributed by atoms with Gasteiger partial charge in [-0.2, -0.15) is 4.98 Å². The van der Waals surface area contributed by atoms with E-state index in [4.69, 9.17) is 31.1 Å². The van der Waals surface area contributed by atoms with Gasteiger partial charge in [0.1, 0.15) is 23.7 Å². The molecule has 2 unspecified atom stereocenters. The van der Waals surface area contributed by atoms with Crippen LogP contribution in [-0.2, 0) is 18.6 Å². The normalized spacial score (nSPS) is 26.5. The lowest BCUT2D eigenvalue weighted by atomic mass is 10.1. The molecule has 194 valence electrons. The van der Waals surface area contributed by atoms with Crippen LogP contribution in [-0.4, -0.2) is 60.5 Å². The van der Waals surface area contributed by atoms with Crippen molar-refractivity contribution in [2.45, 2.75) is 37.4 Å². The summed E-state index contributed by atoms with van der Waals surface area (Å²) in [6.07, 6.45) is -4.23. The first-order valence-corrected chi connectivity index (χ1v) is 12.9. The fourth-order valence-corrected chi connectivity index (χ4v) is 5.90. The van der Waals surface area contributed by atoms with Crippen molar-refractivity contribution in [1.82, 2.24) is 19.5 Å². The molecule has 0 radical (unpaired) electrons. The van der Waals surface area contributed by atoms with Crippen LogP contribution in [0, 0.1) is 5.92 Å². The van der Waals surface area contributed by atoms with E-state index in [1.807, 2.05) is 0 Å². The Kier molecular flexibility index (Phi) is 7.22. The van der Waals surface area contributed by atoms with Crippen molar-refractivity contribution in [2.75, 3.05) is 18.5 Å². The van der Waals surface area contributed by atoms with Crippen LogP contribution in [0.3, 0.4) is 0 Å². The van der Waals surface area contributed by atoms with Crippen molar-refractivity contribution in [2.24, 2.45) is 5.92 Å². The van der Waals surface area contributed by atoms with Crippen LogP contribution < -0.4 is 15.8 Å². The van der Waals surface area contributed by atoms with Crippen molar-refractivity contribution in [3.8, 4) is 5.75 Å². The zero-order chi connectivity index (χ0) is 26.3. The predicted octanol–water partition coefficient (Wildman–Crippen LogP) is 2.38. The summed E-state index contributed by atoms with van der Waals surface area (Å²) in [7, 11) is -3.98. The minimum absolute atomic E-state index is 0.119. The Hall–Kier alpha value is -2.83. The van der Waals surface area contributed by atoms with Crippen LogP contribution in [0.2, 0.25) is 0 Å². The molecule has 3 heterocycles. The molecule has 1 aliphatic heterocycles. The van der Waals surface area contributed by atoms with E-state index in [0.717, 1.165) is 10.9 Å². The number of ether oxygens (including phenoxy) is 1. The second-order valence-corrected chi connectivity index (χ2v) is 11.0. The number of halogens is 2. The largest absolute Gasteiger partial charge is 0.424 e. The summed E-state index contributed by atoms with van der Waals surface area (Å²) in [4.78, 5) is 33.9. The second-order valence-electron chi connectivity index (χ2n) is 8.43. The fraction of sp³-hybridized carbons (Fsp3) is 0.429. The Morgan fingerprint density at radius 2 is 2.14 bits per heavy atom. The van der Waals surface area contributed by atoms with Gasteiger partial charge in [-0.15, -0.1) is 0 Å². The number of carbonyl (C=O) groups is 1. The van der Waals surface area contributed by atoms with E-state index in [1.165, 1.54) is 6.92 Å². The molecule has 6 atom stereocenters. The number of carbonyl (C=O) groups excluding carboxylic acids is 1. The van der Waals surface area contributed by atoms with E-state index in [2.05, 4.69) is 15.0 Å². The minimum atomic E-state index is -3.98. The van der Waals surface area contributed by atoms with E-state index in [0.29, 0.717) is 0 Å². The first kappa shape index (κ1) is 26.2. The van der Waals surface area contributed by atoms with Crippen molar-refractivity contribution in [1.29, 1.82) is 0 Å². The van der Waals surface area contributed by atoms with Crippen LogP contribution in [0.4, 0.5) is 10.3 Å². The second kappa shape index (κ2) is 9.91. The predicted molar refractivity (Wildman–Crippen MR) is 128 cm³/mol. The van der Waals surface area contributed by atoms with Gasteiger partial charge in [0.15, 0.2) is 17.4 Å². The average molecular weight is 544 g/mol. The SMILES string of the molecule is CC(=O)[C@H](C)CP(=O)(OC[C@H]1O[C@@H](n2cnc3c(=O)[nH]c(N)nc32)[C@@](F)(Cl)C1O)Oc1ccccc1. The molecule has 1 aromatic carbocycles. The number of nitrogens with one attached hydrogen (secondary N) is 1. The number of hydrogen-bond donors (Lipinski definition) is 3. The number of aliphatic hydroxyl groups is 1. The smallest absolute Gasteiger partial charge is 0.379 e. The van der Waals surface area contributed by atoms with Gasteiger partial charge in [-0.25, -0.2) is 13.9 Å². The number of anilines is 1. The average Bonchev–Trinajstić information content (AvgIpc) is 3.31. The Labute approximate surface area is 209 Å². The number of H-pyrrole nitrogens is 1. The number of aliphatic hydroxyl groups excluding tert-OH is 1. The van der Waals surface area contributed by atoms with Crippen LogP contribution in [0.1, 0.15) is 20.1 Å². The van der Waals surface area contributed by atoms with E-state index < -0.39 is 49.2 Å². The number of aromatic amines is 1. The topological polar surface area (TPSA) is 172 Å². The summed E-state index contributed by atoms with van der Waals surface area (Å²) in [6, 6.07) is 8.17. The summed E-state index contributed by atoms with van der Waals surface area (Å²) in [6.45, 7) is 2.32. The molecule has 15 heteroatoms. The van der Waals surface area contributed by atoms with Gasteiger partial charge in [0.25, 0.3) is 10.7 Å². The van der Waals surface area contributed by atoms with Crippen molar-refractivity contribution in [3.05, 3.63) is 47.0 Å². The van der Waals surface area contributed by atoms with Crippen LogP contribution in [0.5, 0.6) is 5.75 Å². The lowest BCUT2D eigenvalue weighted by molar-refractivity contribution is -0.119. The number of rotatable bonds is 9. The van der Waals surface area contributed by atoms with Gasteiger partial charge in [0.2, 0.25) is 5.95 Å². The molecule has 0 spiro atoms. The van der Waals surface area contributed by atoms with Crippen molar-refractivity contribution >= 4 is 42.1 Å². The molecule has 1 saturated heterocycles. The van der Waals surface area contributed by atoms with E-state index in [-0.39, 0.29) is 34.8 Å². The first-order chi connectivity index (χ1) is 16.9. The van der Waals surface area contributed by atoms with Gasteiger partial charge in [-0.05, 0) is 19.1 Å². The van der Waals surface area contributed by atoms with Crippen molar-refractivity contribution in [3.63, 3.8) is 0 Å². The zero-order valence-electron chi connectivity index (χ0n) is 19.2. The molecule has 0 amide bonds. The number of para-hydroxylation sites is 1. The molecular weight excluding hydrogens is 520 g/mol. The van der Waals surface area contributed by atoms with E-state index in [1.54, 1.807) is 37.3 Å². The Morgan fingerprint density at radius 1 is 1.44 bits per heavy atom. The maximum absolute atomic E-state index is 15.5. The lowest BCUT2D eigenvalue weighted by Gasteiger charge is -2.24. The van der Waals surface area contributed by atoms with Crippen molar-refractivity contribution < 1.29 is 32.6 Å². The molecular formula is C21H24ClFN5O7P. The number of nitrogens with zero attached hydrogens (tertiary/aromatic N) is 3. The molecule has 0 bridgehead atoms. The molecule has 1 aliphatic rings. The zero-order valence-corrected chi connectivity index (χ0v) is 20.9. The third-order valence-corrected chi connectivity index (χ3v) is 8.13. The number of aromatic nitrogens is 4. The minimum Gasteiger partial charge on any atom is -0.424 e. The Bertz CT molecular complexity index is 1370. The Balaban J connectivity index is 1.57. The molecule has 2 aromatic heterocycles. The molecule has 1 fully saturated rings. The summed E-state index contributed by atoms with van der Waals surface area (Å²) in [5, 5.41) is 7.68.